The van der Waals surface area contributed by atoms with Gasteiger partial charge in [-0.1, -0.05) is 152 Å². The fourth-order valence-electron chi connectivity index (χ4n) is 9.83. The summed E-state index contributed by atoms with van der Waals surface area (Å²) in [5.41, 5.74) is 11.0. The van der Waals surface area contributed by atoms with E-state index >= 15 is 0 Å². The van der Waals surface area contributed by atoms with Gasteiger partial charge in [-0.2, -0.15) is 0 Å². The minimum absolute atomic E-state index is 0.883. The van der Waals surface area contributed by atoms with Crippen molar-refractivity contribution in [3.05, 3.63) is 194 Å². The summed E-state index contributed by atoms with van der Waals surface area (Å²) in [6, 6.07) is 70.5. The first-order valence-corrected chi connectivity index (χ1v) is 19.9. The van der Waals surface area contributed by atoms with Gasteiger partial charge in [-0.05, 0) is 130 Å². The molecule has 2 heterocycles. The SMILES string of the molecule is c1ccc2c(-c3c4ccccc4c(-c4ccc(-c5ccc6oc7cc8cc9c(cc8cc7c6c5)oc5ccccc59)c5ccccc45)c4ccccc34)cccc2c1. The Kier molecular flexibility index (Phi) is 6.47. The molecule has 0 radical (unpaired) electrons. The zero-order valence-electron chi connectivity index (χ0n) is 31.3. The molecule has 0 aliphatic heterocycles. The van der Waals surface area contributed by atoms with E-state index in [0.717, 1.165) is 60.2 Å². The lowest BCUT2D eigenvalue weighted by Gasteiger charge is -2.20. The van der Waals surface area contributed by atoms with Crippen molar-refractivity contribution >= 4 is 97.7 Å². The molecule has 0 atom stereocenters. The third kappa shape index (κ3) is 4.48. The smallest absolute Gasteiger partial charge is 0.136 e. The number of rotatable bonds is 3. The Bertz CT molecular complexity index is 3800. The molecule has 13 rings (SSSR count). The quantitative estimate of drug-likeness (QED) is 0.169. The standard InChI is InChI=1S/C56H32O2/c1-2-14-37-33(12-1)13-11-22-42(37)55-43-18-5-7-20-45(43)56(46-21-8-6-19-44(46)55)47-26-25-38(39-15-3-4-16-40(39)47)34-24-27-52-49(28-34)50-30-36-31-53-48(29-35(36)32-54(50)58-52)41-17-9-10-23-51(41)57-53/h1-32H. The van der Waals surface area contributed by atoms with Gasteiger partial charge in [0.15, 0.2) is 0 Å². The molecule has 268 valence electrons. The predicted molar refractivity (Wildman–Crippen MR) is 245 cm³/mol. The van der Waals surface area contributed by atoms with Crippen LogP contribution in [0.1, 0.15) is 0 Å². The molecule has 0 aliphatic carbocycles. The highest BCUT2D eigenvalue weighted by atomic mass is 16.3. The first kappa shape index (κ1) is 31.5. The summed E-state index contributed by atoms with van der Waals surface area (Å²) in [6.45, 7) is 0. The van der Waals surface area contributed by atoms with E-state index in [1.807, 2.05) is 12.1 Å². The fourth-order valence-corrected chi connectivity index (χ4v) is 9.83. The van der Waals surface area contributed by atoms with Gasteiger partial charge in [-0.25, -0.2) is 0 Å². The van der Waals surface area contributed by atoms with Gasteiger partial charge >= 0.3 is 0 Å². The molecule has 0 bridgehead atoms. The largest absolute Gasteiger partial charge is 0.456 e. The molecular weight excluding hydrogens is 705 g/mol. The van der Waals surface area contributed by atoms with Crippen molar-refractivity contribution in [2.24, 2.45) is 0 Å². The van der Waals surface area contributed by atoms with Gasteiger partial charge in [0, 0.05) is 21.5 Å². The summed E-state index contributed by atoms with van der Waals surface area (Å²) in [6.07, 6.45) is 0. The van der Waals surface area contributed by atoms with Crippen LogP contribution < -0.4 is 0 Å². The van der Waals surface area contributed by atoms with Crippen molar-refractivity contribution < 1.29 is 8.83 Å². The van der Waals surface area contributed by atoms with E-state index in [4.69, 9.17) is 8.83 Å². The van der Waals surface area contributed by atoms with Crippen LogP contribution in [0.2, 0.25) is 0 Å². The lowest BCUT2D eigenvalue weighted by molar-refractivity contribution is 0.668. The van der Waals surface area contributed by atoms with Crippen molar-refractivity contribution in [3.63, 3.8) is 0 Å². The molecule has 0 fully saturated rings. The Balaban J connectivity index is 1.01. The van der Waals surface area contributed by atoms with E-state index in [2.05, 4.69) is 182 Å². The molecule has 0 aliphatic rings. The summed E-state index contributed by atoms with van der Waals surface area (Å²) >= 11 is 0. The zero-order chi connectivity index (χ0) is 37.9. The Morgan fingerprint density at radius 2 is 0.672 bits per heavy atom. The van der Waals surface area contributed by atoms with Crippen LogP contribution in [0, 0.1) is 0 Å². The van der Waals surface area contributed by atoms with Crippen LogP contribution in [0.25, 0.3) is 131 Å². The van der Waals surface area contributed by atoms with Crippen LogP contribution in [-0.2, 0) is 0 Å². The number of fused-ring (bicyclic) bond motifs is 11. The van der Waals surface area contributed by atoms with Crippen molar-refractivity contribution in [2.75, 3.05) is 0 Å². The molecule has 0 amide bonds. The molecule has 2 heteroatoms. The molecule has 0 saturated heterocycles. The third-order valence-corrected chi connectivity index (χ3v) is 12.4. The summed E-state index contributed by atoms with van der Waals surface area (Å²) in [5.74, 6) is 0. The van der Waals surface area contributed by atoms with Gasteiger partial charge in [0.05, 0.1) is 0 Å². The monoisotopic (exact) mass is 736 g/mol. The van der Waals surface area contributed by atoms with Crippen LogP contribution >= 0.6 is 0 Å². The molecular formula is C56H32O2. The van der Waals surface area contributed by atoms with E-state index < -0.39 is 0 Å². The minimum Gasteiger partial charge on any atom is -0.456 e. The lowest BCUT2D eigenvalue weighted by Crippen LogP contribution is -1.93. The normalized spacial score (nSPS) is 12.1. The third-order valence-electron chi connectivity index (χ3n) is 12.4. The van der Waals surface area contributed by atoms with Crippen molar-refractivity contribution in [3.8, 4) is 33.4 Å². The number of para-hydroxylation sites is 1. The van der Waals surface area contributed by atoms with E-state index in [-0.39, 0.29) is 0 Å². The maximum Gasteiger partial charge on any atom is 0.136 e. The molecule has 2 aromatic heterocycles. The van der Waals surface area contributed by atoms with Crippen LogP contribution in [0.4, 0.5) is 0 Å². The van der Waals surface area contributed by atoms with E-state index in [9.17, 15) is 0 Å². The Hall–Kier alpha value is -7.68. The molecule has 2 nitrogen and oxygen atoms in total. The molecule has 0 spiro atoms. The maximum absolute atomic E-state index is 6.52. The second-order valence-electron chi connectivity index (χ2n) is 15.5. The van der Waals surface area contributed by atoms with E-state index in [1.54, 1.807) is 0 Å². The highest BCUT2D eigenvalue weighted by Gasteiger charge is 2.20. The average Bonchev–Trinajstić information content (AvgIpc) is 3.82. The van der Waals surface area contributed by atoms with Gasteiger partial charge < -0.3 is 8.83 Å². The predicted octanol–water partition coefficient (Wildman–Crippen LogP) is 16.3. The summed E-state index contributed by atoms with van der Waals surface area (Å²) in [7, 11) is 0. The first-order chi connectivity index (χ1) is 28.7. The van der Waals surface area contributed by atoms with Crippen LogP contribution in [0.15, 0.2) is 203 Å². The highest BCUT2D eigenvalue weighted by molar-refractivity contribution is 6.26. The van der Waals surface area contributed by atoms with Crippen molar-refractivity contribution in [2.45, 2.75) is 0 Å². The van der Waals surface area contributed by atoms with E-state index in [0.29, 0.717) is 0 Å². The van der Waals surface area contributed by atoms with Gasteiger partial charge in [-0.15, -0.1) is 0 Å². The average molecular weight is 737 g/mol. The van der Waals surface area contributed by atoms with Crippen molar-refractivity contribution in [1.29, 1.82) is 0 Å². The highest BCUT2D eigenvalue weighted by Crippen LogP contribution is 2.48. The van der Waals surface area contributed by atoms with E-state index in [1.165, 1.54) is 70.9 Å². The maximum atomic E-state index is 6.52. The Morgan fingerprint density at radius 1 is 0.224 bits per heavy atom. The first-order valence-electron chi connectivity index (χ1n) is 19.9. The molecule has 11 aromatic carbocycles. The molecule has 13 aromatic rings. The second-order valence-corrected chi connectivity index (χ2v) is 15.5. The van der Waals surface area contributed by atoms with Gasteiger partial charge in [-0.3, -0.25) is 0 Å². The van der Waals surface area contributed by atoms with Gasteiger partial charge in [0.2, 0.25) is 0 Å². The van der Waals surface area contributed by atoms with Crippen molar-refractivity contribution in [1.82, 2.24) is 0 Å². The number of hydrogen-bond donors (Lipinski definition) is 0. The van der Waals surface area contributed by atoms with Gasteiger partial charge in [0.25, 0.3) is 0 Å². The summed E-state index contributed by atoms with van der Waals surface area (Å²) in [4.78, 5) is 0. The Labute approximate surface area is 332 Å². The Morgan fingerprint density at radius 3 is 1.33 bits per heavy atom. The number of benzene rings is 11. The topological polar surface area (TPSA) is 26.3 Å². The minimum atomic E-state index is 0.883. The fraction of sp³-hybridized carbons (Fsp3) is 0. The summed E-state index contributed by atoms with van der Waals surface area (Å²) < 4.78 is 12.8. The molecule has 58 heavy (non-hydrogen) atoms. The summed E-state index contributed by atoms with van der Waals surface area (Å²) in [5, 5.41) is 16.7. The van der Waals surface area contributed by atoms with Crippen LogP contribution in [-0.4, -0.2) is 0 Å². The lowest BCUT2D eigenvalue weighted by atomic mass is 9.83. The second kappa shape index (κ2) is 11.9. The zero-order valence-corrected chi connectivity index (χ0v) is 31.3. The number of furan rings is 2. The van der Waals surface area contributed by atoms with Crippen LogP contribution in [0.3, 0.4) is 0 Å². The molecule has 0 saturated carbocycles. The molecule has 0 unspecified atom stereocenters. The number of hydrogen-bond acceptors (Lipinski definition) is 2. The van der Waals surface area contributed by atoms with Crippen LogP contribution in [0.5, 0.6) is 0 Å². The molecule has 0 N–H and O–H groups in total. The van der Waals surface area contributed by atoms with Gasteiger partial charge in [0.1, 0.15) is 22.3 Å².